The number of nitrogen functional groups attached to an aromatic ring is 1. The SMILES string of the molecule is COc1c(C)cccc1NN. The van der Waals surface area contributed by atoms with Gasteiger partial charge < -0.3 is 10.2 Å². The van der Waals surface area contributed by atoms with Gasteiger partial charge in [0.05, 0.1) is 12.8 Å². The summed E-state index contributed by atoms with van der Waals surface area (Å²) in [6.45, 7) is 1.97. The number of nitrogens with two attached hydrogens (primary N) is 1. The van der Waals surface area contributed by atoms with E-state index in [0.29, 0.717) is 0 Å². The average Bonchev–Trinajstić information content (AvgIpc) is 2.04. The second-order valence-corrected chi connectivity index (χ2v) is 2.30. The zero-order valence-electron chi connectivity index (χ0n) is 6.72. The molecule has 0 aliphatic rings. The Hall–Kier alpha value is -1.22. The first-order valence-corrected chi connectivity index (χ1v) is 3.40. The number of methoxy groups -OCH3 is 1. The van der Waals surface area contributed by atoms with Crippen molar-refractivity contribution in [2.45, 2.75) is 6.92 Å². The van der Waals surface area contributed by atoms with Crippen molar-refractivity contribution < 1.29 is 4.74 Å². The highest BCUT2D eigenvalue weighted by atomic mass is 16.5. The molecule has 0 unspecified atom stereocenters. The fourth-order valence-corrected chi connectivity index (χ4v) is 1.04. The van der Waals surface area contributed by atoms with Gasteiger partial charge in [-0.05, 0) is 18.6 Å². The molecule has 0 saturated carbocycles. The van der Waals surface area contributed by atoms with Gasteiger partial charge in [0.1, 0.15) is 5.75 Å². The van der Waals surface area contributed by atoms with Crippen LogP contribution in [0.4, 0.5) is 5.69 Å². The number of ether oxygens (including phenoxy) is 1. The van der Waals surface area contributed by atoms with E-state index in [-0.39, 0.29) is 0 Å². The third kappa shape index (κ3) is 1.43. The maximum absolute atomic E-state index is 5.27. The Balaban J connectivity index is 3.13. The Morgan fingerprint density at radius 2 is 2.18 bits per heavy atom. The van der Waals surface area contributed by atoms with Gasteiger partial charge in [-0.2, -0.15) is 0 Å². The lowest BCUT2D eigenvalue weighted by Gasteiger charge is -2.09. The van der Waals surface area contributed by atoms with Crippen LogP contribution in [0.25, 0.3) is 0 Å². The summed E-state index contributed by atoms with van der Waals surface area (Å²) in [6, 6.07) is 5.76. The predicted octanol–water partition coefficient (Wildman–Crippen LogP) is 1.29. The van der Waals surface area contributed by atoms with Crippen LogP contribution in [0.1, 0.15) is 5.56 Å². The van der Waals surface area contributed by atoms with Gasteiger partial charge in [-0.3, -0.25) is 5.84 Å². The summed E-state index contributed by atoms with van der Waals surface area (Å²) in [5.74, 6) is 6.07. The third-order valence-electron chi connectivity index (χ3n) is 1.57. The minimum atomic E-state index is 0.801. The van der Waals surface area contributed by atoms with E-state index in [1.807, 2.05) is 25.1 Å². The van der Waals surface area contributed by atoms with Crippen molar-refractivity contribution in [3.8, 4) is 5.75 Å². The summed E-state index contributed by atoms with van der Waals surface area (Å²) in [4.78, 5) is 0. The van der Waals surface area contributed by atoms with Gasteiger partial charge in [0.25, 0.3) is 0 Å². The summed E-state index contributed by atoms with van der Waals surface area (Å²) >= 11 is 0. The van der Waals surface area contributed by atoms with Crippen molar-refractivity contribution in [3.63, 3.8) is 0 Å². The number of hydrogen-bond donors (Lipinski definition) is 2. The van der Waals surface area contributed by atoms with Crippen LogP contribution < -0.4 is 16.0 Å². The Kier molecular flexibility index (Phi) is 2.33. The monoisotopic (exact) mass is 152 g/mol. The highest BCUT2D eigenvalue weighted by Crippen LogP contribution is 2.26. The number of para-hydroxylation sites is 1. The van der Waals surface area contributed by atoms with E-state index < -0.39 is 0 Å². The maximum Gasteiger partial charge on any atom is 0.146 e. The van der Waals surface area contributed by atoms with Crippen molar-refractivity contribution in [2.75, 3.05) is 12.5 Å². The molecule has 11 heavy (non-hydrogen) atoms. The van der Waals surface area contributed by atoms with Gasteiger partial charge in [-0.1, -0.05) is 12.1 Å². The lowest BCUT2D eigenvalue weighted by molar-refractivity contribution is 0.413. The lowest BCUT2D eigenvalue weighted by atomic mass is 10.2. The van der Waals surface area contributed by atoms with E-state index in [4.69, 9.17) is 10.6 Å². The van der Waals surface area contributed by atoms with Crippen LogP contribution in [-0.4, -0.2) is 7.11 Å². The number of benzene rings is 1. The fourth-order valence-electron chi connectivity index (χ4n) is 1.04. The average molecular weight is 152 g/mol. The Morgan fingerprint density at radius 3 is 2.64 bits per heavy atom. The summed E-state index contributed by atoms with van der Waals surface area (Å²) < 4.78 is 5.12. The summed E-state index contributed by atoms with van der Waals surface area (Å²) in [7, 11) is 1.63. The minimum Gasteiger partial charge on any atom is -0.494 e. The smallest absolute Gasteiger partial charge is 0.146 e. The lowest BCUT2D eigenvalue weighted by Crippen LogP contribution is -2.08. The molecule has 0 aliphatic heterocycles. The minimum absolute atomic E-state index is 0.801. The molecule has 0 amide bonds. The predicted molar refractivity (Wildman–Crippen MR) is 45.5 cm³/mol. The van der Waals surface area contributed by atoms with E-state index in [1.165, 1.54) is 0 Å². The summed E-state index contributed by atoms with van der Waals surface area (Å²) in [6.07, 6.45) is 0. The number of hydrogen-bond acceptors (Lipinski definition) is 3. The number of rotatable bonds is 2. The van der Waals surface area contributed by atoms with Crippen molar-refractivity contribution in [1.82, 2.24) is 0 Å². The van der Waals surface area contributed by atoms with Crippen LogP contribution in [0, 0.1) is 6.92 Å². The fraction of sp³-hybridized carbons (Fsp3) is 0.250. The second kappa shape index (κ2) is 3.25. The molecule has 60 valence electrons. The van der Waals surface area contributed by atoms with Crippen molar-refractivity contribution >= 4 is 5.69 Å². The number of aryl methyl sites for hydroxylation is 1. The molecular formula is C8H12N2O. The molecule has 3 N–H and O–H groups in total. The van der Waals surface area contributed by atoms with Crippen molar-refractivity contribution in [2.24, 2.45) is 5.84 Å². The Bertz CT molecular complexity index is 248. The number of anilines is 1. The number of hydrazine groups is 1. The van der Waals surface area contributed by atoms with Crippen LogP contribution in [-0.2, 0) is 0 Å². The van der Waals surface area contributed by atoms with Gasteiger partial charge >= 0.3 is 0 Å². The van der Waals surface area contributed by atoms with Gasteiger partial charge in [-0.15, -0.1) is 0 Å². The molecule has 0 radical (unpaired) electrons. The molecule has 0 bridgehead atoms. The van der Waals surface area contributed by atoms with Crippen LogP contribution >= 0.6 is 0 Å². The standard InChI is InChI=1S/C8H12N2O/c1-6-4-3-5-7(10-9)8(6)11-2/h3-5,10H,9H2,1-2H3. The molecule has 0 heterocycles. The van der Waals surface area contributed by atoms with E-state index in [0.717, 1.165) is 17.0 Å². The Labute approximate surface area is 66.1 Å². The van der Waals surface area contributed by atoms with Crippen LogP contribution in [0.15, 0.2) is 18.2 Å². The van der Waals surface area contributed by atoms with Crippen molar-refractivity contribution in [1.29, 1.82) is 0 Å². The third-order valence-corrected chi connectivity index (χ3v) is 1.57. The summed E-state index contributed by atoms with van der Waals surface area (Å²) in [5, 5.41) is 0. The topological polar surface area (TPSA) is 47.3 Å². The molecule has 0 aliphatic carbocycles. The van der Waals surface area contributed by atoms with Crippen LogP contribution in [0.3, 0.4) is 0 Å². The molecule has 0 fully saturated rings. The normalized spacial score (nSPS) is 9.36. The van der Waals surface area contributed by atoms with Gasteiger partial charge in [-0.25, -0.2) is 0 Å². The molecule has 0 aromatic heterocycles. The first-order chi connectivity index (χ1) is 5.29. The van der Waals surface area contributed by atoms with E-state index in [2.05, 4.69) is 5.43 Å². The zero-order valence-corrected chi connectivity index (χ0v) is 6.72. The zero-order chi connectivity index (χ0) is 8.27. The largest absolute Gasteiger partial charge is 0.494 e. The first-order valence-electron chi connectivity index (χ1n) is 3.40. The van der Waals surface area contributed by atoms with E-state index in [1.54, 1.807) is 7.11 Å². The van der Waals surface area contributed by atoms with Crippen LogP contribution in [0.2, 0.25) is 0 Å². The number of nitrogens with one attached hydrogen (secondary N) is 1. The van der Waals surface area contributed by atoms with Gasteiger partial charge in [0.2, 0.25) is 0 Å². The Morgan fingerprint density at radius 1 is 1.45 bits per heavy atom. The highest BCUT2D eigenvalue weighted by molar-refractivity contribution is 5.58. The maximum atomic E-state index is 5.27. The second-order valence-electron chi connectivity index (χ2n) is 2.30. The molecule has 3 heteroatoms. The first kappa shape index (κ1) is 7.88. The summed E-state index contributed by atoms with van der Waals surface area (Å²) in [5.41, 5.74) is 4.45. The molecule has 0 spiro atoms. The van der Waals surface area contributed by atoms with Gasteiger partial charge in [0.15, 0.2) is 0 Å². The van der Waals surface area contributed by atoms with Gasteiger partial charge in [0, 0.05) is 0 Å². The quantitative estimate of drug-likeness (QED) is 0.496. The highest BCUT2D eigenvalue weighted by Gasteiger charge is 2.02. The van der Waals surface area contributed by atoms with Crippen molar-refractivity contribution in [3.05, 3.63) is 23.8 Å². The molecular weight excluding hydrogens is 140 g/mol. The molecule has 1 rings (SSSR count). The molecule has 1 aromatic rings. The van der Waals surface area contributed by atoms with E-state index in [9.17, 15) is 0 Å². The molecule has 1 aromatic carbocycles. The molecule has 3 nitrogen and oxygen atoms in total. The molecule has 0 saturated heterocycles. The molecule has 0 atom stereocenters. The van der Waals surface area contributed by atoms with E-state index >= 15 is 0 Å². The van der Waals surface area contributed by atoms with Crippen LogP contribution in [0.5, 0.6) is 5.75 Å².